The molecule has 0 unspecified atom stereocenters. The molecule has 3 aromatic rings. The number of fused-ring (bicyclic) bond motifs is 2. The lowest BCUT2D eigenvalue weighted by Crippen LogP contribution is -2.43. The summed E-state index contributed by atoms with van der Waals surface area (Å²) in [6, 6.07) is 10.2. The van der Waals surface area contributed by atoms with Gasteiger partial charge in [0, 0.05) is 38.0 Å². The van der Waals surface area contributed by atoms with E-state index in [4.69, 9.17) is 14.2 Å². The fourth-order valence-electron chi connectivity index (χ4n) is 4.01. The van der Waals surface area contributed by atoms with Gasteiger partial charge in [0.25, 0.3) is 5.91 Å². The molecule has 2 aromatic carbocycles. The van der Waals surface area contributed by atoms with E-state index in [-0.39, 0.29) is 10.8 Å². The van der Waals surface area contributed by atoms with Gasteiger partial charge in [0.1, 0.15) is 18.7 Å². The Morgan fingerprint density at radius 1 is 1.09 bits per heavy atom. The summed E-state index contributed by atoms with van der Waals surface area (Å²) in [6.07, 6.45) is 1.16. The highest BCUT2D eigenvalue weighted by atomic mass is 32.2. The molecule has 0 spiro atoms. The van der Waals surface area contributed by atoms with Crippen molar-refractivity contribution >= 4 is 42.4 Å². The second kappa shape index (κ2) is 9.49. The molecular weight excluding hydrogens is 478 g/mol. The molecule has 0 bridgehead atoms. The van der Waals surface area contributed by atoms with Gasteiger partial charge < -0.3 is 14.2 Å². The molecule has 34 heavy (non-hydrogen) atoms. The number of sulfone groups is 1. The second-order valence-corrected chi connectivity index (χ2v) is 11.1. The van der Waals surface area contributed by atoms with Crippen molar-refractivity contribution in [1.29, 1.82) is 0 Å². The quantitative estimate of drug-likeness (QED) is 0.506. The summed E-state index contributed by atoms with van der Waals surface area (Å²) in [4.78, 5) is 22.3. The number of hydrogen-bond acceptors (Lipinski definition) is 9. The van der Waals surface area contributed by atoms with Crippen molar-refractivity contribution in [2.45, 2.75) is 4.90 Å². The normalized spacial score (nSPS) is 16.5. The average Bonchev–Trinajstić information content (AvgIpc) is 3.27. The Hall–Kier alpha value is -2.73. The van der Waals surface area contributed by atoms with Crippen LogP contribution in [0.25, 0.3) is 10.2 Å². The standard InChI is InChI=1S/C23H25N3O6S2/c1-34(28,29)20-4-2-3-19-21(20)24-23(33-19)26(8-7-25-9-11-30-12-10-25)22(27)16-5-6-17-18(15-16)32-14-13-31-17/h2-6,15H,7-14H2,1H3. The van der Waals surface area contributed by atoms with Crippen LogP contribution >= 0.6 is 11.3 Å². The van der Waals surface area contributed by atoms with Crippen molar-refractivity contribution in [3.05, 3.63) is 42.0 Å². The molecule has 180 valence electrons. The largest absolute Gasteiger partial charge is 0.486 e. The molecular formula is C23H25N3O6S2. The van der Waals surface area contributed by atoms with Crippen LogP contribution in [0.1, 0.15) is 10.4 Å². The molecule has 5 rings (SSSR count). The smallest absolute Gasteiger partial charge is 0.260 e. The molecule has 0 aliphatic carbocycles. The molecule has 1 amide bonds. The number of morpholine rings is 1. The van der Waals surface area contributed by atoms with E-state index in [0.29, 0.717) is 71.9 Å². The van der Waals surface area contributed by atoms with Crippen LogP contribution in [0.5, 0.6) is 11.5 Å². The SMILES string of the molecule is CS(=O)(=O)c1cccc2sc(N(CCN3CCOCC3)C(=O)c3ccc4c(c3)OCCO4)nc12. The van der Waals surface area contributed by atoms with E-state index in [1.165, 1.54) is 11.3 Å². The van der Waals surface area contributed by atoms with Crippen molar-refractivity contribution in [1.82, 2.24) is 9.88 Å². The predicted molar refractivity (Wildman–Crippen MR) is 129 cm³/mol. The van der Waals surface area contributed by atoms with Crippen molar-refractivity contribution < 1.29 is 27.4 Å². The first kappa shape index (κ1) is 23.0. The van der Waals surface area contributed by atoms with Crippen LogP contribution in [-0.4, -0.2) is 83.1 Å². The van der Waals surface area contributed by atoms with E-state index < -0.39 is 9.84 Å². The fraction of sp³-hybridized carbons (Fsp3) is 0.391. The number of ether oxygens (including phenoxy) is 3. The zero-order valence-electron chi connectivity index (χ0n) is 18.7. The molecule has 9 nitrogen and oxygen atoms in total. The van der Waals surface area contributed by atoms with Gasteiger partial charge in [-0.25, -0.2) is 13.4 Å². The number of amides is 1. The van der Waals surface area contributed by atoms with E-state index in [2.05, 4.69) is 9.88 Å². The van der Waals surface area contributed by atoms with Crippen LogP contribution < -0.4 is 14.4 Å². The Kier molecular flexibility index (Phi) is 6.43. The molecule has 2 aliphatic heterocycles. The van der Waals surface area contributed by atoms with Gasteiger partial charge >= 0.3 is 0 Å². The Labute approximate surface area is 201 Å². The summed E-state index contributed by atoms with van der Waals surface area (Å²) in [5.41, 5.74) is 0.838. The van der Waals surface area contributed by atoms with Gasteiger partial charge in [-0.2, -0.15) is 0 Å². The van der Waals surface area contributed by atoms with Gasteiger partial charge in [0.15, 0.2) is 26.5 Å². The van der Waals surface area contributed by atoms with Gasteiger partial charge in [-0.3, -0.25) is 14.6 Å². The molecule has 11 heteroatoms. The number of nitrogens with zero attached hydrogens (tertiary/aromatic N) is 3. The maximum Gasteiger partial charge on any atom is 0.260 e. The lowest BCUT2D eigenvalue weighted by Gasteiger charge is -2.29. The van der Waals surface area contributed by atoms with Crippen LogP contribution in [0.3, 0.4) is 0 Å². The van der Waals surface area contributed by atoms with Crippen LogP contribution in [0.15, 0.2) is 41.3 Å². The zero-order chi connectivity index (χ0) is 23.7. The maximum absolute atomic E-state index is 13.7. The van der Waals surface area contributed by atoms with E-state index in [9.17, 15) is 13.2 Å². The van der Waals surface area contributed by atoms with E-state index in [0.717, 1.165) is 19.3 Å². The average molecular weight is 504 g/mol. The first-order valence-electron chi connectivity index (χ1n) is 11.0. The molecule has 0 atom stereocenters. The van der Waals surface area contributed by atoms with Crippen LogP contribution in [0.4, 0.5) is 5.13 Å². The zero-order valence-corrected chi connectivity index (χ0v) is 20.4. The Bertz CT molecular complexity index is 1320. The number of carbonyl (C=O) groups is 1. The van der Waals surface area contributed by atoms with Gasteiger partial charge in [-0.05, 0) is 30.3 Å². The molecule has 1 saturated heterocycles. The van der Waals surface area contributed by atoms with E-state index in [1.54, 1.807) is 35.2 Å². The monoisotopic (exact) mass is 503 g/mol. The lowest BCUT2D eigenvalue weighted by molar-refractivity contribution is 0.0391. The molecule has 0 N–H and O–H groups in total. The highest BCUT2D eigenvalue weighted by Gasteiger charge is 2.26. The maximum atomic E-state index is 13.7. The summed E-state index contributed by atoms with van der Waals surface area (Å²) in [7, 11) is -3.47. The summed E-state index contributed by atoms with van der Waals surface area (Å²) in [5, 5.41) is 0.458. The lowest BCUT2D eigenvalue weighted by atomic mass is 10.1. The summed E-state index contributed by atoms with van der Waals surface area (Å²) in [6.45, 7) is 4.87. The molecule has 1 aromatic heterocycles. The van der Waals surface area contributed by atoms with Crippen LogP contribution in [0, 0.1) is 0 Å². The van der Waals surface area contributed by atoms with Gasteiger partial charge in [-0.15, -0.1) is 0 Å². The number of benzene rings is 2. The van der Waals surface area contributed by atoms with Crippen LogP contribution in [0.2, 0.25) is 0 Å². The third-order valence-electron chi connectivity index (χ3n) is 5.78. The first-order chi connectivity index (χ1) is 16.4. The van der Waals surface area contributed by atoms with Crippen molar-refractivity contribution in [2.24, 2.45) is 0 Å². The van der Waals surface area contributed by atoms with Crippen molar-refractivity contribution in [3.63, 3.8) is 0 Å². The minimum Gasteiger partial charge on any atom is -0.486 e. The molecule has 2 aliphatic rings. The van der Waals surface area contributed by atoms with E-state index in [1.807, 2.05) is 6.07 Å². The van der Waals surface area contributed by atoms with Gasteiger partial charge in [-0.1, -0.05) is 17.4 Å². The van der Waals surface area contributed by atoms with Gasteiger partial charge in [0.05, 0.1) is 22.8 Å². The molecule has 1 fully saturated rings. The van der Waals surface area contributed by atoms with E-state index >= 15 is 0 Å². The number of rotatable bonds is 6. The molecule has 0 radical (unpaired) electrons. The highest BCUT2D eigenvalue weighted by Crippen LogP contribution is 2.35. The summed E-state index contributed by atoms with van der Waals surface area (Å²) in [5.74, 6) is 0.916. The topological polar surface area (TPSA) is 98.3 Å². The van der Waals surface area contributed by atoms with Crippen molar-refractivity contribution in [2.75, 3.05) is 63.8 Å². The third-order valence-corrected chi connectivity index (χ3v) is 7.95. The first-order valence-corrected chi connectivity index (χ1v) is 13.7. The number of anilines is 1. The number of carbonyl (C=O) groups excluding carboxylic acids is 1. The highest BCUT2D eigenvalue weighted by molar-refractivity contribution is 7.91. The minimum atomic E-state index is -3.47. The molecule has 3 heterocycles. The third kappa shape index (κ3) is 4.74. The predicted octanol–water partition coefficient (Wildman–Crippen LogP) is 2.45. The fourth-order valence-corrected chi connectivity index (χ4v) is 5.92. The second-order valence-electron chi connectivity index (χ2n) is 8.14. The van der Waals surface area contributed by atoms with Gasteiger partial charge in [0.2, 0.25) is 0 Å². The summed E-state index contributed by atoms with van der Waals surface area (Å²) >= 11 is 1.30. The Balaban J connectivity index is 1.51. The summed E-state index contributed by atoms with van der Waals surface area (Å²) < 4.78 is 42.0. The van der Waals surface area contributed by atoms with Crippen molar-refractivity contribution in [3.8, 4) is 11.5 Å². The number of hydrogen-bond donors (Lipinski definition) is 0. The number of para-hydroxylation sites is 1. The van der Waals surface area contributed by atoms with Crippen LogP contribution in [-0.2, 0) is 14.6 Å². The number of thiazole rings is 1. The minimum absolute atomic E-state index is 0.160. The number of aromatic nitrogens is 1. The molecule has 0 saturated carbocycles. The Morgan fingerprint density at radius 3 is 2.62 bits per heavy atom. The Morgan fingerprint density at radius 2 is 1.85 bits per heavy atom.